The van der Waals surface area contributed by atoms with Crippen molar-refractivity contribution in [1.29, 1.82) is 0 Å². The van der Waals surface area contributed by atoms with Crippen molar-refractivity contribution >= 4 is 23.4 Å². The summed E-state index contributed by atoms with van der Waals surface area (Å²) in [4.78, 5) is 27.1. The normalized spacial score (nSPS) is 11.8. The van der Waals surface area contributed by atoms with Gasteiger partial charge >= 0.3 is 0 Å². The van der Waals surface area contributed by atoms with Gasteiger partial charge in [0.15, 0.2) is 18.2 Å². The highest BCUT2D eigenvalue weighted by atomic mass is 35.5. The number of nitrogens with zero attached hydrogens (tertiary/aromatic N) is 1. The third-order valence-corrected chi connectivity index (χ3v) is 4.67. The zero-order valence-corrected chi connectivity index (χ0v) is 17.6. The molecule has 0 bridgehead atoms. The maximum atomic E-state index is 13.8. The molecule has 0 saturated carbocycles. The number of carbonyl (C=O) groups is 2. The molecule has 1 N–H and O–H groups in total. The first-order valence-corrected chi connectivity index (χ1v) is 9.91. The minimum atomic E-state index is -0.703. The standard InChI is InChI=1S/C22H26ClFN2O3/c1-4-19(22(28)25-15(2)3)26(13-16-9-5-6-10-17(16)23)21(27)14-29-20-12-8-7-11-18(20)24/h5-12,15,19H,4,13-14H2,1-3H3,(H,25,28)/t19-/m0/s1. The number of hydrogen-bond donors (Lipinski definition) is 1. The first-order chi connectivity index (χ1) is 13.8. The van der Waals surface area contributed by atoms with Crippen LogP contribution >= 0.6 is 11.6 Å². The molecule has 0 aliphatic carbocycles. The summed E-state index contributed by atoms with van der Waals surface area (Å²) in [6, 6.07) is 12.2. The van der Waals surface area contributed by atoms with Gasteiger partial charge in [0.25, 0.3) is 5.91 Å². The fourth-order valence-electron chi connectivity index (χ4n) is 2.89. The van der Waals surface area contributed by atoms with Gasteiger partial charge in [0.2, 0.25) is 5.91 Å². The minimum absolute atomic E-state index is 0.0155. The van der Waals surface area contributed by atoms with Gasteiger partial charge in [-0.05, 0) is 44.0 Å². The summed E-state index contributed by atoms with van der Waals surface area (Å²) in [5, 5.41) is 3.35. The van der Waals surface area contributed by atoms with E-state index in [9.17, 15) is 14.0 Å². The van der Waals surface area contributed by atoms with E-state index in [-0.39, 0.29) is 24.2 Å². The van der Waals surface area contributed by atoms with Crippen molar-refractivity contribution in [2.45, 2.75) is 45.8 Å². The first kappa shape index (κ1) is 22.7. The van der Waals surface area contributed by atoms with Gasteiger partial charge < -0.3 is 15.0 Å². The van der Waals surface area contributed by atoms with E-state index in [2.05, 4.69) is 5.32 Å². The largest absolute Gasteiger partial charge is 0.481 e. The van der Waals surface area contributed by atoms with Gasteiger partial charge in [-0.25, -0.2) is 4.39 Å². The number of ether oxygens (including phenoxy) is 1. The van der Waals surface area contributed by atoms with E-state index in [1.54, 1.807) is 24.3 Å². The van der Waals surface area contributed by atoms with Crippen molar-refractivity contribution in [2.24, 2.45) is 0 Å². The summed E-state index contributed by atoms with van der Waals surface area (Å²) in [6.45, 7) is 5.29. The van der Waals surface area contributed by atoms with Gasteiger partial charge in [0.05, 0.1) is 0 Å². The second-order valence-electron chi connectivity index (χ2n) is 6.92. The van der Waals surface area contributed by atoms with E-state index in [1.807, 2.05) is 26.8 Å². The van der Waals surface area contributed by atoms with Crippen LogP contribution in [0.5, 0.6) is 5.75 Å². The van der Waals surface area contributed by atoms with Gasteiger partial charge in [0, 0.05) is 17.6 Å². The van der Waals surface area contributed by atoms with Crippen LogP contribution in [0.1, 0.15) is 32.8 Å². The second kappa shape index (κ2) is 10.8. The van der Waals surface area contributed by atoms with Crippen LogP contribution in [0.4, 0.5) is 4.39 Å². The van der Waals surface area contributed by atoms with Crippen molar-refractivity contribution in [3.8, 4) is 5.75 Å². The van der Waals surface area contributed by atoms with Gasteiger partial charge in [0.1, 0.15) is 6.04 Å². The van der Waals surface area contributed by atoms with Crippen LogP contribution in [0.2, 0.25) is 5.02 Å². The Morgan fingerprint density at radius 3 is 2.41 bits per heavy atom. The molecule has 0 aliphatic heterocycles. The van der Waals surface area contributed by atoms with Gasteiger partial charge in [-0.3, -0.25) is 9.59 Å². The lowest BCUT2D eigenvalue weighted by Gasteiger charge is -2.31. The smallest absolute Gasteiger partial charge is 0.261 e. The number of benzene rings is 2. The Balaban J connectivity index is 2.24. The highest BCUT2D eigenvalue weighted by Gasteiger charge is 2.29. The fraction of sp³-hybridized carbons (Fsp3) is 0.364. The zero-order chi connectivity index (χ0) is 21.4. The molecule has 29 heavy (non-hydrogen) atoms. The highest BCUT2D eigenvalue weighted by molar-refractivity contribution is 6.31. The zero-order valence-electron chi connectivity index (χ0n) is 16.8. The Labute approximate surface area is 175 Å². The van der Waals surface area contributed by atoms with Crippen molar-refractivity contribution in [1.82, 2.24) is 10.2 Å². The molecule has 0 spiro atoms. The summed E-state index contributed by atoms with van der Waals surface area (Å²) in [5.41, 5.74) is 0.712. The fourth-order valence-corrected chi connectivity index (χ4v) is 3.09. The first-order valence-electron chi connectivity index (χ1n) is 9.54. The van der Waals surface area contributed by atoms with Crippen LogP contribution < -0.4 is 10.1 Å². The lowest BCUT2D eigenvalue weighted by Crippen LogP contribution is -2.51. The van der Waals surface area contributed by atoms with Crippen molar-refractivity contribution in [2.75, 3.05) is 6.61 Å². The van der Waals surface area contributed by atoms with E-state index in [0.29, 0.717) is 17.0 Å². The lowest BCUT2D eigenvalue weighted by molar-refractivity contribution is -0.143. The van der Waals surface area contributed by atoms with Crippen LogP contribution in [-0.2, 0) is 16.1 Å². The molecule has 0 aromatic heterocycles. The Bertz CT molecular complexity index is 844. The number of rotatable bonds is 9. The number of amides is 2. The molecule has 0 heterocycles. The van der Waals surface area contributed by atoms with Gasteiger partial charge in [-0.15, -0.1) is 0 Å². The SMILES string of the molecule is CC[C@@H](C(=O)NC(C)C)N(Cc1ccccc1Cl)C(=O)COc1ccccc1F. The summed E-state index contributed by atoms with van der Waals surface area (Å²) < 4.78 is 19.2. The molecule has 2 aromatic rings. The number of nitrogens with one attached hydrogen (secondary N) is 1. The molecule has 0 saturated heterocycles. The Kier molecular flexibility index (Phi) is 8.46. The summed E-state index contributed by atoms with van der Waals surface area (Å²) in [5.74, 6) is -1.26. The molecule has 2 rings (SSSR count). The Hall–Kier alpha value is -2.60. The number of hydrogen-bond acceptors (Lipinski definition) is 3. The van der Waals surface area contributed by atoms with Crippen LogP contribution in [-0.4, -0.2) is 35.4 Å². The Morgan fingerprint density at radius 1 is 1.14 bits per heavy atom. The summed E-state index contributed by atoms with van der Waals surface area (Å²) in [7, 11) is 0. The third kappa shape index (κ3) is 6.46. The van der Waals surface area contributed by atoms with Crippen molar-refractivity contribution in [3.05, 3.63) is 64.9 Å². The predicted molar refractivity (Wildman–Crippen MR) is 111 cm³/mol. The molecule has 156 valence electrons. The molecule has 0 fully saturated rings. The molecular formula is C22H26ClFN2O3. The third-order valence-electron chi connectivity index (χ3n) is 4.30. The van der Waals surface area contributed by atoms with Crippen molar-refractivity contribution < 1.29 is 18.7 Å². The van der Waals surface area contributed by atoms with Gasteiger partial charge in [-0.2, -0.15) is 0 Å². The van der Waals surface area contributed by atoms with E-state index in [4.69, 9.17) is 16.3 Å². The number of halogens is 2. The van der Waals surface area contributed by atoms with E-state index in [0.717, 1.165) is 0 Å². The lowest BCUT2D eigenvalue weighted by atomic mass is 10.1. The predicted octanol–water partition coefficient (Wildman–Crippen LogP) is 4.19. The molecular weight excluding hydrogens is 395 g/mol. The molecule has 1 atom stereocenters. The van der Waals surface area contributed by atoms with E-state index < -0.39 is 24.4 Å². The number of carbonyl (C=O) groups excluding carboxylic acids is 2. The molecule has 0 unspecified atom stereocenters. The molecule has 5 nitrogen and oxygen atoms in total. The van der Waals surface area contributed by atoms with E-state index in [1.165, 1.54) is 23.1 Å². The molecule has 2 aromatic carbocycles. The maximum Gasteiger partial charge on any atom is 0.261 e. The summed E-state index contributed by atoms with van der Waals surface area (Å²) in [6.07, 6.45) is 0.411. The minimum Gasteiger partial charge on any atom is -0.481 e. The van der Waals surface area contributed by atoms with Crippen LogP contribution in [0.15, 0.2) is 48.5 Å². The Morgan fingerprint density at radius 2 is 1.79 bits per heavy atom. The number of para-hydroxylation sites is 1. The van der Waals surface area contributed by atoms with Crippen LogP contribution in [0, 0.1) is 5.82 Å². The van der Waals surface area contributed by atoms with Gasteiger partial charge in [-0.1, -0.05) is 48.9 Å². The summed E-state index contributed by atoms with van der Waals surface area (Å²) >= 11 is 6.26. The second-order valence-corrected chi connectivity index (χ2v) is 7.33. The average Bonchev–Trinajstić information content (AvgIpc) is 2.68. The van der Waals surface area contributed by atoms with Crippen LogP contribution in [0.25, 0.3) is 0 Å². The average molecular weight is 421 g/mol. The van der Waals surface area contributed by atoms with Crippen LogP contribution in [0.3, 0.4) is 0 Å². The topological polar surface area (TPSA) is 58.6 Å². The highest BCUT2D eigenvalue weighted by Crippen LogP contribution is 2.21. The molecule has 0 aliphatic rings. The van der Waals surface area contributed by atoms with E-state index >= 15 is 0 Å². The molecule has 2 amide bonds. The monoisotopic (exact) mass is 420 g/mol. The van der Waals surface area contributed by atoms with Crippen molar-refractivity contribution in [3.63, 3.8) is 0 Å². The quantitative estimate of drug-likeness (QED) is 0.661. The molecule has 7 heteroatoms. The molecule has 0 radical (unpaired) electrons. The maximum absolute atomic E-state index is 13.8.